The van der Waals surface area contributed by atoms with Gasteiger partial charge in [-0.25, -0.2) is 0 Å². The van der Waals surface area contributed by atoms with Gasteiger partial charge in [-0.3, -0.25) is 4.79 Å². The molecule has 0 aromatic rings. The first-order valence-electron chi connectivity index (χ1n) is 7.26. The van der Waals surface area contributed by atoms with E-state index in [1.54, 1.807) is 27.7 Å². The molecule has 2 N–H and O–H groups in total. The second-order valence-electron chi connectivity index (χ2n) is 6.93. The third kappa shape index (κ3) is 4.56. The van der Waals surface area contributed by atoms with Crippen LogP contribution in [0.3, 0.4) is 0 Å². The number of aliphatic hydroxyl groups is 2. The monoisotopic (exact) mass is 398 g/mol. The molecule has 1 aliphatic rings. The number of hydrogen-bond acceptors (Lipinski definition) is 4. The van der Waals surface area contributed by atoms with Gasteiger partial charge in [0.2, 0.25) is 0 Å². The van der Waals surface area contributed by atoms with Crippen molar-refractivity contribution >= 4 is 28.6 Å². The van der Waals surface area contributed by atoms with Gasteiger partial charge in [0.05, 0.1) is 11.2 Å². The fourth-order valence-electron chi connectivity index (χ4n) is 3.05. The Morgan fingerprint density at radius 3 is 1.90 bits per heavy atom. The van der Waals surface area contributed by atoms with Gasteiger partial charge in [-0.1, -0.05) is 29.5 Å². The predicted molar refractivity (Wildman–Crippen MR) is 86.8 cm³/mol. The number of carbonyl (C=O) groups excluding carboxylic acids is 1. The lowest BCUT2D eigenvalue weighted by atomic mass is 9.75. The first-order valence-corrected chi connectivity index (χ1v) is 8.50. The lowest BCUT2D eigenvalue weighted by Crippen LogP contribution is -2.42. The number of carbonyl (C=O) groups is 1. The smallest absolute Gasteiger partial charge is 0.319 e. The van der Waals surface area contributed by atoms with Crippen molar-refractivity contribution in [3.8, 4) is 0 Å². The van der Waals surface area contributed by atoms with Crippen molar-refractivity contribution in [2.75, 3.05) is 0 Å². The van der Waals surface area contributed by atoms with E-state index in [9.17, 15) is 15.0 Å². The molecule has 0 radical (unpaired) electrons. The van der Waals surface area contributed by atoms with Crippen LogP contribution in [-0.2, 0) is 9.53 Å². The molecule has 1 aliphatic carbocycles. The van der Waals surface area contributed by atoms with Gasteiger partial charge in [0.25, 0.3) is 0 Å². The van der Waals surface area contributed by atoms with Gasteiger partial charge in [0.1, 0.15) is 10.0 Å². The lowest BCUT2D eigenvalue weighted by Gasteiger charge is -2.37. The van der Waals surface area contributed by atoms with E-state index in [0.29, 0.717) is 12.8 Å². The van der Waals surface area contributed by atoms with Crippen LogP contribution in [0.15, 0.2) is 0 Å². The Balaban J connectivity index is 2.78. The average Bonchev–Trinajstić information content (AvgIpc) is 2.71. The lowest BCUT2D eigenvalue weighted by molar-refractivity contribution is -0.148. The molecule has 1 saturated carbocycles. The van der Waals surface area contributed by atoms with E-state index >= 15 is 0 Å². The van der Waals surface area contributed by atoms with Crippen molar-refractivity contribution in [3.63, 3.8) is 0 Å². The molecule has 0 spiro atoms. The summed E-state index contributed by atoms with van der Waals surface area (Å²) in [7, 11) is 0. The molecule has 20 heavy (non-hydrogen) atoms. The van der Waals surface area contributed by atoms with E-state index in [0.717, 1.165) is 6.42 Å². The summed E-state index contributed by atoms with van der Waals surface area (Å²) in [6.45, 7) is 8.98. The van der Waals surface area contributed by atoms with Crippen LogP contribution in [-0.4, -0.2) is 37.4 Å². The molecular weight excluding hydrogens is 371 g/mol. The maximum atomic E-state index is 11.9. The second kappa shape index (κ2) is 6.48. The number of hydrogen-bond donors (Lipinski definition) is 2. The molecule has 0 saturated heterocycles. The van der Waals surface area contributed by atoms with Crippen molar-refractivity contribution in [3.05, 3.63) is 0 Å². The minimum absolute atomic E-state index is 0.0745. The maximum Gasteiger partial charge on any atom is 0.319 e. The zero-order valence-corrected chi connectivity index (χ0v) is 15.2. The fourth-order valence-corrected chi connectivity index (χ4v) is 3.20. The summed E-state index contributed by atoms with van der Waals surface area (Å²) in [6, 6.07) is 0. The highest BCUT2D eigenvalue weighted by atomic mass is 127. The molecule has 0 aromatic heterocycles. The van der Waals surface area contributed by atoms with E-state index < -0.39 is 11.2 Å². The van der Waals surface area contributed by atoms with E-state index in [1.165, 1.54) is 0 Å². The standard InChI is InChI=1S/C15H27IO4/c1-6-12(16)13(17)20-9-7-10(14(2,3)18)11(8-9)15(4,5)19/h9-12,18-19H,6-8H2,1-5H3. The van der Waals surface area contributed by atoms with Crippen LogP contribution in [0, 0.1) is 11.8 Å². The Morgan fingerprint density at radius 2 is 1.60 bits per heavy atom. The summed E-state index contributed by atoms with van der Waals surface area (Å²) in [6.07, 6.45) is 1.75. The molecule has 0 heterocycles. The Labute approximate surface area is 135 Å². The number of halogens is 1. The van der Waals surface area contributed by atoms with Gasteiger partial charge in [0.15, 0.2) is 0 Å². The minimum atomic E-state index is -0.889. The van der Waals surface area contributed by atoms with E-state index in [-0.39, 0.29) is 27.8 Å². The Morgan fingerprint density at radius 1 is 1.20 bits per heavy atom. The number of ether oxygens (including phenoxy) is 1. The van der Waals surface area contributed by atoms with Crippen LogP contribution in [0.2, 0.25) is 0 Å². The third-order valence-electron chi connectivity index (χ3n) is 4.23. The van der Waals surface area contributed by atoms with Crippen LogP contribution in [0.4, 0.5) is 0 Å². The molecule has 3 unspecified atom stereocenters. The molecule has 0 aliphatic heterocycles. The summed E-state index contributed by atoms with van der Waals surface area (Å²) in [5.74, 6) is -0.340. The fraction of sp³-hybridized carbons (Fsp3) is 0.933. The van der Waals surface area contributed by atoms with Crippen molar-refractivity contribution < 1.29 is 19.7 Å². The minimum Gasteiger partial charge on any atom is -0.462 e. The van der Waals surface area contributed by atoms with Crippen LogP contribution in [0.1, 0.15) is 53.9 Å². The number of rotatable bonds is 5. The Bertz CT molecular complexity index is 321. The molecular formula is C15H27IO4. The van der Waals surface area contributed by atoms with Gasteiger partial charge in [-0.2, -0.15) is 0 Å². The SMILES string of the molecule is CCC(I)C(=O)OC1CC(C(C)(C)O)C(C(C)(C)O)C1. The van der Waals surface area contributed by atoms with Crippen molar-refractivity contribution in [2.45, 2.75) is 75.1 Å². The van der Waals surface area contributed by atoms with Gasteiger partial charge in [-0.15, -0.1) is 0 Å². The molecule has 5 heteroatoms. The largest absolute Gasteiger partial charge is 0.462 e. The van der Waals surface area contributed by atoms with E-state index in [2.05, 4.69) is 22.6 Å². The van der Waals surface area contributed by atoms with Gasteiger partial charge in [-0.05, 0) is 58.8 Å². The summed E-state index contributed by atoms with van der Waals surface area (Å²) in [5, 5.41) is 20.6. The topological polar surface area (TPSA) is 66.8 Å². The van der Waals surface area contributed by atoms with Crippen molar-refractivity contribution in [2.24, 2.45) is 11.8 Å². The van der Waals surface area contributed by atoms with Crippen LogP contribution < -0.4 is 0 Å². The molecule has 1 rings (SSSR count). The summed E-state index contributed by atoms with van der Waals surface area (Å²) >= 11 is 2.09. The summed E-state index contributed by atoms with van der Waals surface area (Å²) in [5.41, 5.74) is -1.78. The normalized spacial score (nSPS) is 29.3. The molecule has 118 valence electrons. The highest BCUT2D eigenvalue weighted by Gasteiger charge is 2.49. The maximum absolute atomic E-state index is 11.9. The number of esters is 1. The molecule has 3 atom stereocenters. The highest BCUT2D eigenvalue weighted by Crippen LogP contribution is 2.45. The Kier molecular flexibility index (Phi) is 5.89. The first-order chi connectivity index (χ1) is 8.96. The van der Waals surface area contributed by atoms with Gasteiger partial charge < -0.3 is 14.9 Å². The Hall–Kier alpha value is 0.120. The predicted octanol–water partition coefficient (Wildman–Crippen LogP) is 2.68. The van der Waals surface area contributed by atoms with Gasteiger partial charge in [0, 0.05) is 0 Å². The third-order valence-corrected chi connectivity index (χ3v) is 5.62. The molecule has 0 bridgehead atoms. The average molecular weight is 398 g/mol. The molecule has 0 amide bonds. The highest BCUT2D eigenvalue weighted by molar-refractivity contribution is 14.1. The van der Waals surface area contributed by atoms with Crippen LogP contribution >= 0.6 is 22.6 Å². The number of alkyl halides is 1. The zero-order chi connectivity index (χ0) is 15.7. The van der Waals surface area contributed by atoms with Crippen molar-refractivity contribution in [1.82, 2.24) is 0 Å². The quantitative estimate of drug-likeness (QED) is 0.425. The van der Waals surface area contributed by atoms with Crippen molar-refractivity contribution in [1.29, 1.82) is 0 Å². The molecule has 0 aromatic carbocycles. The van der Waals surface area contributed by atoms with Gasteiger partial charge >= 0.3 is 5.97 Å². The summed E-state index contributed by atoms with van der Waals surface area (Å²) < 4.78 is 5.42. The second-order valence-corrected chi connectivity index (χ2v) is 8.43. The first kappa shape index (κ1) is 18.2. The van der Waals surface area contributed by atoms with Crippen LogP contribution in [0.5, 0.6) is 0 Å². The summed E-state index contributed by atoms with van der Waals surface area (Å²) in [4.78, 5) is 11.9. The van der Waals surface area contributed by atoms with E-state index in [4.69, 9.17) is 4.74 Å². The van der Waals surface area contributed by atoms with E-state index in [1.807, 2.05) is 6.92 Å². The molecule has 4 nitrogen and oxygen atoms in total. The zero-order valence-electron chi connectivity index (χ0n) is 13.0. The molecule has 1 fully saturated rings. The van der Waals surface area contributed by atoms with Crippen LogP contribution in [0.25, 0.3) is 0 Å².